The van der Waals surface area contributed by atoms with E-state index in [0.29, 0.717) is 17.5 Å². The summed E-state index contributed by atoms with van der Waals surface area (Å²) in [4.78, 5) is 42.9. The van der Waals surface area contributed by atoms with E-state index in [-0.39, 0.29) is 30.7 Å². The summed E-state index contributed by atoms with van der Waals surface area (Å²) in [5.41, 5.74) is 2.78. The molecule has 0 unspecified atom stereocenters. The minimum atomic E-state index is -0.282. The Balaban J connectivity index is 1.25. The molecule has 0 aliphatic carbocycles. The Morgan fingerprint density at radius 2 is 1.50 bits per heavy atom. The second kappa shape index (κ2) is 8.67. The number of amides is 3. The van der Waals surface area contributed by atoms with Gasteiger partial charge in [0.25, 0.3) is 11.8 Å². The van der Waals surface area contributed by atoms with Gasteiger partial charge in [-0.15, -0.1) is 0 Å². The number of anilines is 2. The summed E-state index contributed by atoms with van der Waals surface area (Å²) in [6.07, 6.45) is 0.671. The van der Waals surface area contributed by atoms with E-state index in [1.54, 1.807) is 24.3 Å². The van der Waals surface area contributed by atoms with Crippen LogP contribution in [0.25, 0.3) is 0 Å². The molecule has 1 fully saturated rings. The number of rotatable bonds is 6. The number of imide groups is 1. The van der Waals surface area contributed by atoms with Gasteiger partial charge in [-0.2, -0.15) is 0 Å². The highest BCUT2D eigenvalue weighted by Gasteiger charge is 2.34. The van der Waals surface area contributed by atoms with Crippen LogP contribution < -0.4 is 10.2 Å². The molecule has 0 bridgehead atoms. The first-order chi connectivity index (χ1) is 14.5. The lowest BCUT2D eigenvalue weighted by Gasteiger charge is -2.34. The molecule has 2 aliphatic heterocycles. The van der Waals surface area contributed by atoms with Gasteiger partial charge in [-0.3, -0.25) is 19.3 Å². The molecule has 3 amide bonds. The van der Waals surface area contributed by atoms with E-state index in [2.05, 4.69) is 22.2 Å². The third-order valence-electron chi connectivity index (χ3n) is 5.68. The largest absolute Gasteiger partial charge is 0.369 e. The zero-order valence-corrected chi connectivity index (χ0v) is 17.1. The molecule has 0 spiro atoms. The van der Waals surface area contributed by atoms with Gasteiger partial charge in [0.1, 0.15) is 0 Å². The second-order valence-electron chi connectivity index (χ2n) is 7.80. The van der Waals surface area contributed by atoms with Crippen LogP contribution in [0.3, 0.4) is 0 Å². The number of likely N-dealkylation sites (N-methyl/N-ethyl adjacent to an activating group) is 1. The Hall–Kier alpha value is -3.19. The molecule has 0 aromatic heterocycles. The fraction of sp³-hybridized carbons (Fsp3) is 0.348. The Bertz CT molecular complexity index is 914. The molecule has 0 radical (unpaired) electrons. The average molecular weight is 406 g/mol. The number of nitrogens with zero attached hydrogens (tertiary/aromatic N) is 3. The minimum Gasteiger partial charge on any atom is -0.369 e. The van der Waals surface area contributed by atoms with Gasteiger partial charge in [0, 0.05) is 50.5 Å². The number of hydrogen-bond donors (Lipinski definition) is 1. The third-order valence-corrected chi connectivity index (χ3v) is 5.68. The van der Waals surface area contributed by atoms with Crippen molar-refractivity contribution >= 4 is 29.1 Å². The molecular formula is C23H26N4O3. The number of fused-ring (bicyclic) bond motifs is 1. The molecule has 2 aromatic rings. The lowest BCUT2D eigenvalue weighted by molar-refractivity contribution is -0.116. The molecule has 1 N–H and O–H groups in total. The van der Waals surface area contributed by atoms with E-state index in [9.17, 15) is 14.4 Å². The van der Waals surface area contributed by atoms with Gasteiger partial charge < -0.3 is 15.1 Å². The number of benzene rings is 2. The van der Waals surface area contributed by atoms with Gasteiger partial charge in [-0.25, -0.2) is 0 Å². The molecule has 0 saturated carbocycles. The average Bonchev–Trinajstić information content (AvgIpc) is 3.00. The van der Waals surface area contributed by atoms with Gasteiger partial charge in [-0.1, -0.05) is 12.1 Å². The predicted molar refractivity (Wildman–Crippen MR) is 116 cm³/mol. The highest BCUT2D eigenvalue weighted by molar-refractivity contribution is 6.21. The van der Waals surface area contributed by atoms with Crippen molar-refractivity contribution in [3.8, 4) is 0 Å². The van der Waals surface area contributed by atoms with Crippen LogP contribution in [-0.4, -0.2) is 67.3 Å². The van der Waals surface area contributed by atoms with E-state index in [1.165, 1.54) is 4.90 Å². The smallest absolute Gasteiger partial charge is 0.261 e. The number of carbonyl (C=O) groups excluding carboxylic acids is 3. The quantitative estimate of drug-likeness (QED) is 0.746. The maximum absolute atomic E-state index is 12.4. The van der Waals surface area contributed by atoms with Crippen LogP contribution in [0.2, 0.25) is 0 Å². The topological polar surface area (TPSA) is 73.0 Å². The molecule has 0 atom stereocenters. The molecule has 4 rings (SSSR count). The normalized spacial score (nSPS) is 16.7. The lowest BCUT2D eigenvalue weighted by Crippen LogP contribution is -2.44. The number of carbonyl (C=O) groups is 3. The van der Waals surface area contributed by atoms with Crippen molar-refractivity contribution in [2.45, 2.75) is 12.8 Å². The maximum atomic E-state index is 12.4. The summed E-state index contributed by atoms with van der Waals surface area (Å²) in [7, 11) is 2.13. The third kappa shape index (κ3) is 4.21. The van der Waals surface area contributed by atoms with E-state index < -0.39 is 0 Å². The van der Waals surface area contributed by atoms with Gasteiger partial charge in [0.2, 0.25) is 5.91 Å². The Labute approximate surface area is 176 Å². The van der Waals surface area contributed by atoms with Crippen LogP contribution in [0.4, 0.5) is 11.4 Å². The summed E-state index contributed by atoms with van der Waals surface area (Å²) in [6.45, 7) is 4.33. The first-order valence-electron chi connectivity index (χ1n) is 10.3. The van der Waals surface area contributed by atoms with Gasteiger partial charge in [-0.05, 0) is 49.9 Å². The Kier molecular flexibility index (Phi) is 5.81. The van der Waals surface area contributed by atoms with Crippen molar-refractivity contribution in [1.82, 2.24) is 9.80 Å². The van der Waals surface area contributed by atoms with Crippen LogP contribution in [0.5, 0.6) is 0 Å². The molecule has 156 valence electrons. The maximum Gasteiger partial charge on any atom is 0.261 e. The number of hydrogen-bond acceptors (Lipinski definition) is 5. The van der Waals surface area contributed by atoms with Crippen molar-refractivity contribution in [1.29, 1.82) is 0 Å². The molecule has 1 saturated heterocycles. The molecular weight excluding hydrogens is 380 g/mol. The van der Waals surface area contributed by atoms with Crippen LogP contribution >= 0.6 is 0 Å². The van der Waals surface area contributed by atoms with Gasteiger partial charge in [0.05, 0.1) is 11.1 Å². The van der Waals surface area contributed by atoms with Crippen molar-refractivity contribution in [2.75, 3.05) is 50.0 Å². The van der Waals surface area contributed by atoms with E-state index >= 15 is 0 Å². The first kappa shape index (κ1) is 20.1. The van der Waals surface area contributed by atoms with Gasteiger partial charge >= 0.3 is 0 Å². The summed E-state index contributed by atoms with van der Waals surface area (Å²) < 4.78 is 0. The van der Waals surface area contributed by atoms with Crippen molar-refractivity contribution < 1.29 is 14.4 Å². The van der Waals surface area contributed by atoms with Crippen LogP contribution in [-0.2, 0) is 4.79 Å². The molecule has 7 heteroatoms. The lowest BCUT2D eigenvalue weighted by atomic mass is 10.1. The summed E-state index contributed by atoms with van der Waals surface area (Å²) in [6, 6.07) is 14.7. The Morgan fingerprint density at radius 3 is 2.10 bits per heavy atom. The molecule has 7 nitrogen and oxygen atoms in total. The predicted octanol–water partition coefficient (Wildman–Crippen LogP) is 2.45. The monoisotopic (exact) mass is 406 g/mol. The van der Waals surface area contributed by atoms with Crippen LogP contribution in [0.15, 0.2) is 48.5 Å². The standard InChI is InChI=1S/C23H26N4O3/c1-25-13-15-26(16-14-25)18-10-8-17(9-11-18)24-21(28)7-4-12-27-22(29)19-5-2-3-6-20(19)23(27)30/h2-3,5-6,8-11H,4,7,12-16H2,1H3,(H,24,28). The zero-order chi connectivity index (χ0) is 21.1. The summed E-state index contributed by atoms with van der Waals surface area (Å²) >= 11 is 0. The fourth-order valence-corrected chi connectivity index (χ4v) is 3.88. The number of nitrogens with one attached hydrogen (secondary N) is 1. The summed E-state index contributed by atoms with van der Waals surface area (Å²) in [5.74, 6) is -0.690. The SMILES string of the molecule is CN1CCN(c2ccc(NC(=O)CCCN3C(=O)c4ccccc4C3=O)cc2)CC1. The van der Waals surface area contributed by atoms with Crippen LogP contribution in [0.1, 0.15) is 33.6 Å². The Morgan fingerprint density at radius 1 is 0.900 bits per heavy atom. The molecule has 2 aliphatic rings. The molecule has 30 heavy (non-hydrogen) atoms. The van der Waals surface area contributed by atoms with Crippen molar-refractivity contribution in [2.24, 2.45) is 0 Å². The highest BCUT2D eigenvalue weighted by atomic mass is 16.2. The minimum absolute atomic E-state index is 0.126. The molecule has 2 aromatic carbocycles. The zero-order valence-electron chi connectivity index (χ0n) is 17.1. The first-order valence-corrected chi connectivity index (χ1v) is 10.3. The van der Waals surface area contributed by atoms with Crippen molar-refractivity contribution in [3.05, 3.63) is 59.7 Å². The second-order valence-corrected chi connectivity index (χ2v) is 7.80. The van der Waals surface area contributed by atoms with Crippen LogP contribution in [0, 0.1) is 0 Å². The summed E-state index contributed by atoms with van der Waals surface area (Å²) in [5, 5.41) is 2.89. The molecule has 2 heterocycles. The van der Waals surface area contributed by atoms with E-state index in [4.69, 9.17) is 0 Å². The van der Waals surface area contributed by atoms with E-state index in [0.717, 1.165) is 37.6 Å². The van der Waals surface area contributed by atoms with E-state index in [1.807, 2.05) is 24.3 Å². The fourth-order valence-electron chi connectivity index (χ4n) is 3.88. The highest BCUT2D eigenvalue weighted by Crippen LogP contribution is 2.23. The number of piperazine rings is 1. The van der Waals surface area contributed by atoms with Crippen molar-refractivity contribution in [3.63, 3.8) is 0 Å². The van der Waals surface area contributed by atoms with Gasteiger partial charge in [0.15, 0.2) is 0 Å².